The number of aliphatic hydroxyl groups excluding tert-OH is 3. The van der Waals surface area contributed by atoms with Gasteiger partial charge in [0.05, 0.1) is 18.3 Å². The summed E-state index contributed by atoms with van der Waals surface area (Å²) in [7, 11) is 0. The fourth-order valence-corrected chi connectivity index (χ4v) is 5.39. The van der Waals surface area contributed by atoms with Crippen molar-refractivity contribution in [3.8, 4) is 0 Å². The molecule has 0 bridgehead atoms. The van der Waals surface area contributed by atoms with Crippen molar-refractivity contribution in [3.63, 3.8) is 0 Å². The van der Waals surface area contributed by atoms with E-state index in [4.69, 9.17) is 4.74 Å². The zero-order valence-corrected chi connectivity index (χ0v) is 16.0. The van der Waals surface area contributed by atoms with E-state index in [-0.39, 0.29) is 23.2 Å². The number of hydrogen-bond acceptors (Lipinski definition) is 6. The third-order valence-corrected chi connectivity index (χ3v) is 7.23. The summed E-state index contributed by atoms with van der Waals surface area (Å²) in [6.45, 7) is 9.14. The van der Waals surface area contributed by atoms with E-state index in [9.17, 15) is 24.9 Å². The molecule has 0 aromatic carbocycles. The van der Waals surface area contributed by atoms with Gasteiger partial charge in [0, 0.05) is 17.8 Å². The first-order chi connectivity index (χ1) is 12.0. The predicted octanol–water partition coefficient (Wildman–Crippen LogP) is 0.869. The zero-order chi connectivity index (χ0) is 19.7. The van der Waals surface area contributed by atoms with E-state index in [1.165, 1.54) is 0 Å². The molecule has 146 valence electrons. The number of aldehydes is 2. The van der Waals surface area contributed by atoms with E-state index >= 15 is 0 Å². The van der Waals surface area contributed by atoms with Gasteiger partial charge in [-0.2, -0.15) is 0 Å². The van der Waals surface area contributed by atoms with Crippen molar-refractivity contribution in [3.05, 3.63) is 11.6 Å². The smallest absolute Gasteiger partial charge is 0.145 e. The highest BCUT2D eigenvalue weighted by Crippen LogP contribution is 2.66. The summed E-state index contributed by atoms with van der Waals surface area (Å²) in [5.41, 5.74) is -1.95. The monoisotopic (exact) mass is 366 g/mol. The van der Waals surface area contributed by atoms with Gasteiger partial charge in [0.15, 0.2) is 0 Å². The van der Waals surface area contributed by atoms with Gasteiger partial charge in [-0.15, -0.1) is 0 Å². The second-order valence-electron chi connectivity index (χ2n) is 9.22. The minimum Gasteiger partial charge on any atom is -0.392 e. The minimum atomic E-state index is -1.09. The second-order valence-corrected chi connectivity index (χ2v) is 9.22. The van der Waals surface area contributed by atoms with Crippen molar-refractivity contribution in [2.75, 3.05) is 0 Å². The highest BCUT2D eigenvalue weighted by Gasteiger charge is 2.81. The molecule has 0 amide bonds. The lowest BCUT2D eigenvalue weighted by molar-refractivity contribution is -0.110. The van der Waals surface area contributed by atoms with Gasteiger partial charge in [-0.05, 0) is 36.3 Å². The van der Waals surface area contributed by atoms with Crippen molar-refractivity contribution in [1.82, 2.24) is 0 Å². The molecule has 3 rings (SSSR count). The van der Waals surface area contributed by atoms with Crippen LogP contribution >= 0.6 is 0 Å². The molecule has 3 fully saturated rings. The first-order valence-electron chi connectivity index (χ1n) is 9.34. The summed E-state index contributed by atoms with van der Waals surface area (Å²) < 4.78 is 5.91. The maximum absolute atomic E-state index is 11.2. The van der Waals surface area contributed by atoms with Crippen LogP contribution in [-0.2, 0) is 14.3 Å². The Hall–Kier alpha value is -1.08. The Kier molecular flexibility index (Phi) is 4.51. The number of rotatable bonds is 7. The van der Waals surface area contributed by atoms with Gasteiger partial charge in [0.2, 0.25) is 0 Å². The van der Waals surface area contributed by atoms with Gasteiger partial charge in [0.25, 0.3) is 0 Å². The third kappa shape index (κ3) is 2.39. The highest BCUT2D eigenvalue weighted by molar-refractivity contribution is 5.73. The van der Waals surface area contributed by atoms with Crippen molar-refractivity contribution in [2.24, 2.45) is 29.1 Å². The SMILES string of the molecule is C/C(C=O)=C/C12OC1(C(O)C(C)C(O)C1C(C=O)C1(C)C)CC(C)C2O. The molecule has 3 aliphatic rings. The normalized spacial score (nSPS) is 46.8. The molecule has 6 nitrogen and oxygen atoms in total. The molecule has 0 aromatic rings. The third-order valence-electron chi connectivity index (χ3n) is 7.23. The quantitative estimate of drug-likeness (QED) is 0.351. The fraction of sp³-hybridized carbons (Fsp3) is 0.800. The Morgan fingerprint density at radius 3 is 2.38 bits per heavy atom. The van der Waals surface area contributed by atoms with Gasteiger partial charge in [-0.25, -0.2) is 0 Å². The number of carbonyl (C=O) groups excluding carboxylic acids is 2. The van der Waals surface area contributed by atoms with Crippen LogP contribution in [0, 0.1) is 29.1 Å². The van der Waals surface area contributed by atoms with E-state index in [1.54, 1.807) is 19.9 Å². The number of epoxide rings is 1. The lowest BCUT2D eigenvalue weighted by atomic mass is 9.79. The lowest BCUT2D eigenvalue weighted by Gasteiger charge is -2.29. The molecule has 1 heterocycles. The molecule has 6 heteroatoms. The summed E-state index contributed by atoms with van der Waals surface area (Å²) in [5.74, 6) is -1.06. The van der Waals surface area contributed by atoms with E-state index < -0.39 is 35.4 Å². The summed E-state index contributed by atoms with van der Waals surface area (Å²) in [6, 6.07) is 0. The van der Waals surface area contributed by atoms with E-state index in [1.807, 2.05) is 20.8 Å². The highest BCUT2D eigenvalue weighted by atomic mass is 16.7. The van der Waals surface area contributed by atoms with Crippen LogP contribution in [-0.4, -0.2) is 57.4 Å². The number of fused-ring (bicyclic) bond motifs is 1. The standard InChI is InChI=1S/C20H30O6/c1-10(8-21)6-19-16(24)11(2)7-20(19,26-19)17(25)12(3)15(23)14-13(9-22)18(14,4)5/h6,8-9,11-17,23-25H,7H2,1-5H3/b10-6-. The number of ether oxygens (including phenoxy) is 1. The Balaban J connectivity index is 1.84. The lowest BCUT2D eigenvalue weighted by Crippen LogP contribution is -2.45. The van der Waals surface area contributed by atoms with Gasteiger partial charge in [-0.3, -0.25) is 4.79 Å². The van der Waals surface area contributed by atoms with E-state index in [2.05, 4.69) is 0 Å². The van der Waals surface area contributed by atoms with Crippen LogP contribution < -0.4 is 0 Å². The molecule has 26 heavy (non-hydrogen) atoms. The molecule has 0 spiro atoms. The molecular weight excluding hydrogens is 336 g/mol. The number of carbonyl (C=O) groups is 2. The van der Waals surface area contributed by atoms with E-state index in [0.717, 1.165) is 6.29 Å². The predicted molar refractivity (Wildman–Crippen MR) is 94.2 cm³/mol. The van der Waals surface area contributed by atoms with Crippen LogP contribution in [0.4, 0.5) is 0 Å². The van der Waals surface area contributed by atoms with Gasteiger partial charge >= 0.3 is 0 Å². The summed E-state index contributed by atoms with van der Waals surface area (Å²) in [5, 5.41) is 32.5. The van der Waals surface area contributed by atoms with Crippen LogP contribution in [0.15, 0.2) is 11.6 Å². The first kappa shape index (κ1) is 19.7. The Bertz CT molecular complexity index is 642. The van der Waals surface area contributed by atoms with Crippen LogP contribution in [0.5, 0.6) is 0 Å². The summed E-state index contributed by atoms with van der Waals surface area (Å²) in [6.07, 6.45) is 0.930. The van der Waals surface area contributed by atoms with E-state index in [0.29, 0.717) is 18.3 Å². The largest absolute Gasteiger partial charge is 0.392 e. The average Bonchev–Trinajstić information content (AvgIpc) is 3.39. The molecule has 0 aromatic heterocycles. The Labute approximate surface area is 154 Å². The van der Waals surface area contributed by atoms with Gasteiger partial charge in [0.1, 0.15) is 23.8 Å². The number of allylic oxidation sites excluding steroid dienone is 1. The Morgan fingerprint density at radius 2 is 1.88 bits per heavy atom. The molecule has 9 unspecified atom stereocenters. The summed E-state index contributed by atoms with van der Waals surface area (Å²) in [4.78, 5) is 22.3. The molecule has 9 atom stereocenters. The maximum atomic E-state index is 11.2. The first-order valence-corrected chi connectivity index (χ1v) is 9.34. The number of hydrogen-bond donors (Lipinski definition) is 3. The van der Waals surface area contributed by atoms with Crippen LogP contribution in [0.1, 0.15) is 41.0 Å². The second kappa shape index (κ2) is 5.96. The number of aliphatic hydroxyl groups is 3. The average molecular weight is 366 g/mol. The topological polar surface area (TPSA) is 107 Å². The molecule has 2 aliphatic carbocycles. The van der Waals surface area contributed by atoms with Crippen LogP contribution in [0.2, 0.25) is 0 Å². The van der Waals surface area contributed by atoms with Gasteiger partial charge in [-0.1, -0.05) is 27.7 Å². The molecule has 3 N–H and O–H groups in total. The minimum absolute atomic E-state index is 0.0986. The molecule has 2 saturated carbocycles. The molecule has 1 aliphatic heterocycles. The zero-order valence-electron chi connectivity index (χ0n) is 16.0. The van der Waals surface area contributed by atoms with Crippen molar-refractivity contribution >= 4 is 12.6 Å². The van der Waals surface area contributed by atoms with Crippen molar-refractivity contribution in [2.45, 2.75) is 70.6 Å². The van der Waals surface area contributed by atoms with Gasteiger partial charge < -0.3 is 24.9 Å². The molecule has 1 saturated heterocycles. The van der Waals surface area contributed by atoms with Crippen LogP contribution in [0.25, 0.3) is 0 Å². The van der Waals surface area contributed by atoms with Crippen molar-refractivity contribution in [1.29, 1.82) is 0 Å². The molecular formula is C20H30O6. The fourth-order valence-electron chi connectivity index (χ4n) is 5.39. The van der Waals surface area contributed by atoms with Crippen molar-refractivity contribution < 1.29 is 29.6 Å². The summed E-state index contributed by atoms with van der Waals surface area (Å²) >= 11 is 0. The van der Waals surface area contributed by atoms with Crippen LogP contribution in [0.3, 0.4) is 0 Å². The maximum Gasteiger partial charge on any atom is 0.145 e. The molecule has 0 radical (unpaired) electrons. The Morgan fingerprint density at radius 1 is 1.27 bits per heavy atom.